The van der Waals surface area contributed by atoms with Crippen molar-refractivity contribution in [2.75, 3.05) is 18.8 Å². The number of hydrogen-bond donors (Lipinski definition) is 0. The van der Waals surface area contributed by atoms with E-state index in [9.17, 15) is 14.9 Å². The van der Waals surface area contributed by atoms with Gasteiger partial charge in [0.1, 0.15) is 11.9 Å². The summed E-state index contributed by atoms with van der Waals surface area (Å²) in [5, 5.41) is 9.81. The van der Waals surface area contributed by atoms with Gasteiger partial charge in [-0.25, -0.2) is 0 Å². The van der Waals surface area contributed by atoms with E-state index in [4.69, 9.17) is 4.74 Å². The van der Waals surface area contributed by atoms with E-state index >= 15 is 0 Å². The van der Waals surface area contributed by atoms with Crippen molar-refractivity contribution in [2.24, 2.45) is 56.7 Å². The smallest absolute Gasteiger partial charge is 0.176 e. The van der Waals surface area contributed by atoms with E-state index < -0.39 is 0 Å². The number of Topliss-reactive ketones (excluding diaryl/α,β-unsaturated/α-hetero) is 2. The molecule has 0 aliphatic heterocycles. The highest BCUT2D eigenvalue weighted by Crippen LogP contribution is 2.75. The normalized spacial score (nSPS) is 48.6. The first kappa shape index (κ1) is 27.4. The van der Waals surface area contributed by atoms with Gasteiger partial charge in [-0.3, -0.25) is 9.59 Å². The molecule has 204 valence electrons. The van der Waals surface area contributed by atoms with Gasteiger partial charge in [-0.15, -0.1) is 11.8 Å². The molecule has 9 atom stereocenters. The molecule has 0 bridgehead atoms. The maximum absolute atomic E-state index is 14.5. The van der Waals surface area contributed by atoms with Gasteiger partial charge in [0.2, 0.25) is 0 Å². The Morgan fingerprint density at radius 2 is 1.73 bits per heavy atom. The third-order valence-corrected chi connectivity index (χ3v) is 13.3. The molecule has 4 nitrogen and oxygen atoms in total. The van der Waals surface area contributed by atoms with Gasteiger partial charge in [0.15, 0.2) is 5.78 Å². The molecule has 0 N–H and O–H groups in total. The van der Waals surface area contributed by atoms with E-state index in [-0.39, 0.29) is 56.5 Å². The van der Waals surface area contributed by atoms with Crippen molar-refractivity contribution >= 4 is 23.3 Å². The molecule has 0 aromatic rings. The lowest BCUT2D eigenvalue weighted by atomic mass is 9.32. The van der Waals surface area contributed by atoms with Crippen LogP contribution in [0.1, 0.15) is 92.9 Å². The number of carbonyl (C=O) groups is 2. The van der Waals surface area contributed by atoms with Crippen molar-refractivity contribution in [2.45, 2.75) is 92.9 Å². The first-order valence-electron chi connectivity index (χ1n) is 14.6. The SMILES string of the molecule is CSCOC[C@]12CCC(C)(C)C[C@H]1[C@H]1C(=O)C[C@@H]3[C@@]4(C)C=C(C#N)C(=O)[C@@H](C)[C@@H]4CC[C@@]3(C)[C@]1(C)CC2. The summed E-state index contributed by atoms with van der Waals surface area (Å²) < 4.78 is 6.24. The zero-order valence-electron chi connectivity index (χ0n) is 24.1. The van der Waals surface area contributed by atoms with Crippen molar-refractivity contribution in [1.29, 1.82) is 5.26 Å². The van der Waals surface area contributed by atoms with Crippen LogP contribution < -0.4 is 0 Å². The monoisotopic (exact) mass is 525 g/mol. The second-order valence-corrected chi connectivity index (χ2v) is 15.8. The lowest BCUT2D eigenvalue weighted by Gasteiger charge is -2.71. The minimum Gasteiger partial charge on any atom is -0.370 e. The third-order valence-electron chi connectivity index (χ3n) is 12.9. The van der Waals surface area contributed by atoms with Crippen molar-refractivity contribution in [3.05, 3.63) is 11.6 Å². The standard InChI is InChI=1S/C32H47NO3S/c1-20-22-8-9-30(5)25(29(22,4)15-21(17-33)27(20)35)14-24(34)26-23-16-28(2,3)10-12-32(23,18-36-19-37-7)13-11-31(26,30)6/h15,20,22-23,25-26H,8-14,16,18-19H2,1-7H3/t20-,22-,23-,25+,26-,29-,30+,31+,32+/m0/s1. The fourth-order valence-corrected chi connectivity index (χ4v) is 10.9. The quantitative estimate of drug-likeness (QED) is 0.286. The molecule has 0 heterocycles. The number of carbonyl (C=O) groups excluding carboxylic acids is 2. The number of ether oxygens (including phenoxy) is 1. The molecule has 4 saturated carbocycles. The minimum absolute atomic E-state index is 0.00186. The second-order valence-electron chi connectivity index (χ2n) is 15.0. The minimum atomic E-state index is -0.295. The Morgan fingerprint density at radius 3 is 2.41 bits per heavy atom. The van der Waals surface area contributed by atoms with Gasteiger partial charge in [0, 0.05) is 18.3 Å². The number of allylic oxidation sites excluding steroid dienone is 2. The summed E-state index contributed by atoms with van der Waals surface area (Å²) in [5.41, 5.74) is 0.302. The van der Waals surface area contributed by atoms with Crippen molar-refractivity contribution in [1.82, 2.24) is 0 Å². The zero-order chi connectivity index (χ0) is 27.0. The molecular formula is C32H47NO3S. The molecule has 0 amide bonds. The summed E-state index contributed by atoms with van der Waals surface area (Å²) in [7, 11) is 0. The lowest BCUT2D eigenvalue weighted by Crippen LogP contribution is -2.68. The number of thioether (sulfide) groups is 1. The highest BCUT2D eigenvalue weighted by Gasteiger charge is 2.71. The summed E-state index contributed by atoms with van der Waals surface area (Å²) in [6.45, 7) is 14.8. The van der Waals surface area contributed by atoms with E-state index in [0.29, 0.717) is 23.7 Å². The average Bonchev–Trinajstić information content (AvgIpc) is 2.83. The molecular weight excluding hydrogens is 478 g/mol. The van der Waals surface area contributed by atoms with Gasteiger partial charge in [-0.2, -0.15) is 5.26 Å². The van der Waals surface area contributed by atoms with Crippen molar-refractivity contribution < 1.29 is 14.3 Å². The molecule has 4 fully saturated rings. The number of nitriles is 1. The van der Waals surface area contributed by atoms with Gasteiger partial charge >= 0.3 is 0 Å². The van der Waals surface area contributed by atoms with Crippen LogP contribution in [0.5, 0.6) is 0 Å². The number of ketones is 2. The molecule has 5 rings (SSSR count). The maximum atomic E-state index is 14.5. The summed E-state index contributed by atoms with van der Waals surface area (Å²) in [6, 6.07) is 2.21. The van der Waals surface area contributed by atoms with Crippen LogP contribution >= 0.6 is 11.8 Å². The first-order valence-corrected chi connectivity index (χ1v) is 15.9. The molecule has 0 radical (unpaired) electrons. The predicted molar refractivity (Wildman–Crippen MR) is 149 cm³/mol. The lowest BCUT2D eigenvalue weighted by molar-refractivity contribution is -0.224. The highest BCUT2D eigenvalue weighted by molar-refractivity contribution is 7.98. The van der Waals surface area contributed by atoms with Crippen molar-refractivity contribution in [3.63, 3.8) is 0 Å². The Morgan fingerprint density at radius 1 is 1.03 bits per heavy atom. The van der Waals surface area contributed by atoms with Gasteiger partial charge < -0.3 is 4.74 Å². The van der Waals surface area contributed by atoms with E-state index in [0.717, 1.165) is 51.1 Å². The molecule has 0 spiro atoms. The van der Waals surface area contributed by atoms with Gasteiger partial charge in [0.25, 0.3) is 0 Å². The van der Waals surface area contributed by atoms with E-state index in [1.807, 2.05) is 13.0 Å². The number of hydrogen-bond acceptors (Lipinski definition) is 5. The van der Waals surface area contributed by atoms with Gasteiger partial charge in [0.05, 0.1) is 18.1 Å². The van der Waals surface area contributed by atoms with E-state index in [1.54, 1.807) is 11.8 Å². The number of nitrogens with zero attached hydrogens (tertiary/aromatic N) is 1. The van der Waals surface area contributed by atoms with Crippen LogP contribution in [0.3, 0.4) is 0 Å². The Bertz CT molecular complexity index is 1060. The Balaban J connectivity index is 1.58. The van der Waals surface area contributed by atoms with E-state index in [2.05, 4.69) is 46.9 Å². The molecule has 0 saturated heterocycles. The molecule has 0 unspecified atom stereocenters. The van der Waals surface area contributed by atoms with Crippen LogP contribution in [0, 0.1) is 68.0 Å². The van der Waals surface area contributed by atoms with Crippen LogP contribution in [0.4, 0.5) is 0 Å². The fourth-order valence-electron chi connectivity index (χ4n) is 10.6. The number of rotatable bonds is 4. The van der Waals surface area contributed by atoms with Crippen LogP contribution in [0.15, 0.2) is 11.6 Å². The molecule has 37 heavy (non-hydrogen) atoms. The van der Waals surface area contributed by atoms with Gasteiger partial charge in [-0.05, 0) is 96.0 Å². The number of fused-ring (bicyclic) bond motifs is 7. The maximum Gasteiger partial charge on any atom is 0.176 e. The zero-order valence-corrected chi connectivity index (χ0v) is 24.9. The van der Waals surface area contributed by atoms with Crippen LogP contribution in [0.25, 0.3) is 0 Å². The summed E-state index contributed by atoms with van der Waals surface area (Å²) >= 11 is 1.73. The topological polar surface area (TPSA) is 67.2 Å². The molecule has 0 aromatic carbocycles. The second kappa shape index (κ2) is 8.95. The first-order chi connectivity index (χ1) is 17.3. The average molecular weight is 526 g/mol. The molecule has 5 aliphatic rings. The largest absolute Gasteiger partial charge is 0.370 e. The van der Waals surface area contributed by atoms with Crippen molar-refractivity contribution in [3.8, 4) is 6.07 Å². The molecule has 5 heteroatoms. The third kappa shape index (κ3) is 3.78. The highest BCUT2D eigenvalue weighted by atomic mass is 32.2. The fraction of sp³-hybridized carbons (Fsp3) is 0.844. The molecule has 0 aromatic heterocycles. The van der Waals surface area contributed by atoms with Crippen LogP contribution in [-0.4, -0.2) is 30.4 Å². The summed E-state index contributed by atoms with van der Waals surface area (Å²) in [4.78, 5) is 27.4. The van der Waals surface area contributed by atoms with Gasteiger partial charge in [-0.1, -0.05) is 47.6 Å². The van der Waals surface area contributed by atoms with E-state index in [1.165, 1.54) is 6.42 Å². The Hall–Kier alpha value is -1.12. The molecule has 5 aliphatic carbocycles. The van der Waals surface area contributed by atoms with Crippen LogP contribution in [0.2, 0.25) is 0 Å². The Labute approximate surface area is 228 Å². The predicted octanol–water partition coefficient (Wildman–Crippen LogP) is 7.23. The van der Waals surface area contributed by atoms with Crippen LogP contribution in [-0.2, 0) is 14.3 Å². The summed E-state index contributed by atoms with van der Waals surface area (Å²) in [5.74, 6) is 1.82. The Kier molecular flexibility index (Phi) is 6.64. The summed E-state index contributed by atoms with van der Waals surface area (Å²) in [6.07, 6.45) is 12.4.